The first-order chi connectivity index (χ1) is 10.7. The first kappa shape index (κ1) is 15.8. The topological polar surface area (TPSA) is 28.7 Å². The number of hydrogen-bond acceptors (Lipinski definition) is 4. The van der Waals surface area contributed by atoms with E-state index in [1.807, 2.05) is 24.3 Å². The van der Waals surface area contributed by atoms with Crippen molar-refractivity contribution in [3.63, 3.8) is 0 Å². The van der Waals surface area contributed by atoms with Crippen LogP contribution >= 0.6 is 35.0 Å². The van der Waals surface area contributed by atoms with Gasteiger partial charge in [0.25, 0.3) is 0 Å². The summed E-state index contributed by atoms with van der Waals surface area (Å²) in [5, 5.41) is 2.38. The highest BCUT2D eigenvalue weighted by atomic mass is 35.5. The summed E-state index contributed by atoms with van der Waals surface area (Å²) in [5.41, 5.74) is 1.03. The number of amidine groups is 1. The van der Waals surface area contributed by atoms with E-state index in [9.17, 15) is 0 Å². The molecule has 0 aliphatic carbocycles. The van der Waals surface area contributed by atoms with Gasteiger partial charge in [-0.15, -0.1) is 0 Å². The van der Waals surface area contributed by atoms with Gasteiger partial charge >= 0.3 is 0 Å². The molecule has 22 heavy (non-hydrogen) atoms. The fourth-order valence-corrected chi connectivity index (χ4v) is 3.70. The highest BCUT2D eigenvalue weighted by molar-refractivity contribution is 8.13. The predicted octanol–water partition coefficient (Wildman–Crippen LogP) is 5.08. The van der Waals surface area contributed by atoms with Crippen molar-refractivity contribution >= 4 is 40.1 Å². The molecule has 3 nitrogen and oxygen atoms in total. The van der Waals surface area contributed by atoms with Crippen LogP contribution < -0.4 is 0 Å². The number of thioether (sulfide) groups is 1. The summed E-state index contributed by atoms with van der Waals surface area (Å²) in [6.07, 6.45) is 2.82. The van der Waals surface area contributed by atoms with Crippen LogP contribution in [0, 0.1) is 0 Å². The molecule has 1 aliphatic heterocycles. The number of benzene rings is 1. The zero-order valence-electron chi connectivity index (χ0n) is 12.0. The van der Waals surface area contributed by atoms with Gasteiger partial charge in [-0.25, -0.2) is 0 Å². The molecule has 0 radical (unpaired) electrons. The standard InChI is InChI=1S/C16H16Cl2N2OS/c17-13-5-4-12(15(18)9-13)10-20(11-14-3-1-7-21-14)16-19-6-2-8-22-16/h1,3-5,7,9H,2,6,8,10-11H2. The molecule has 1 aliphatic rings. The van der Waals surface area contributed by atoms with Gasteiger partial charge < -0.3 is 9.32 Å². The second-order valence-electron chi connectivity index (χ2n) is 5.04. The van der Waals surface area contributed by atoms with E-state index in [4.69, 9.17) is 27.6 Å². The quantitative estimate of drug-likeness (QED) is 0.766. The van der Waals surface area contributed by atoms with Crippen molar-refractivity contribution in [3.8, 4) is 0 Å². The van der Waals surface area contributed by atoms with Crippen LogP contribution in [0.25, 0.3) is 0 Å². The molecule has 0 amide bonds. The van der Waals surface area contributed by atoms with Crippen molar-refractivity contribution in [3.05, 3.63) is 58.0 Å². The minimum atomic E-state index is 0.649. The van der Waals surface area contributed by atoms with Crippen molar-refractivity contribution in [2.75, 3.05) is 12.3 Å². The molecule has 0 saturated heterocycles. The van der Waals surface area contributed by atoms with Gasteiger partial charge in [0.15, 0.2) is 5.17 Å². The third kappa shape index (κ3) is 4.00. The fraction of sp³-hybridized carbons (Fsp3) is 0.312. The Morgan fingerprint density at radius 2 is 2.14 bits per heavy atom. The average Bonchev–Trinajstić information content (AvgIpc) is 3.03. The minimum Gasteiger partial charge on any atom is -0.467 e. The number of aliphatic imine (C=N–C) groups is 1. The first-order valence-electron chi connectivity index (χ1n) is 7.11. The van der Waals surface area contributed by atoms with Crippen molar-refractivity contribution in [2.24, 2.45) is 4.99 Å². The van der Waals surface area contributed by atoms with Crippen LogP contribution in [0.5, 0.6) is 0 Å². The van der Waals surface area contributed by atoms with Crippen LogP contribution in [0.15, 0.2) is 46.0 Å². The van der Waals surface area contributed by atoms with Crippen molar-refractivity contribution in [1.82, 2.24) is 4.90 Å². The molecule has 0 fully saturated rings. The Labute approximate surface area is 144 Å². The largest absolute Gasteiger partial charge is 0.467 e. The van der Waals surface area contributed by atoms with E-state index in [1.54, 1.807) is 24.1 Å². The lowest BCUT2D eigenvalue weighted by Crippen LogP contribution is -2.30. The Balaban J connectivity index is 1.82. The molecule has 0 unspecified atom stereocenters. The SMILES string of the molecule is Clc1ccc(CN(Cc2ccco2)C2=NCCCS2)c(Cl)c1. The van der Waals surface area contributed by atoms with Crippen LogP contribution in [0.3, 0.4) is 0 Å². The molecular weight excluding hydrogens is 339 g/mol. The molecule has 0 atom stereocenters. The Bertz CT molecular complexity index is 658. The van der Waals surface area contributed by atoms with Gasteiger partial charge in [0.1, 0.15) is 5.76 Å². The number of rotatable bonds is 4. The first-order valence-corrected chi connectivity index (χ1v) is 8.85. The molecule has 0 bridgehead atoms. The maximum Gasteiger partial charge on any atom is 0.159 e. The zero-order chi connectivity index (χ0) is 15.4. The van der Waals surface area contributed by atoms with Crippen LogP contribution in [-0.2, 0) is 13.1 Å². The highest BCUT2D eigenvalue weighted by Gasteiger charge is 2.18. The van der Waals surface area contributed by atoms with Gasteiger partial charge in [-0.3, -0.25) is 4.99 Å². The molecule has 1 aromatic heterocycles. The third-order valence-corrected chi connectivity index (χ3v) is 5.08. The lowest BCUT2D eigenvalue weighted by molar-refractivity contribution is 0.360. The molecule has 2 aromatic rings. The van der Waals surface area contributed by atoms with Crippen LogP contribution in [-0.4, -0.2) is 22.4 Å². The number of furan rings is 1. The molecule has 0 saturated carbocycles. The molecule has 3 rings (SSSR count). The van der Waals surface area contributed by atoms with Gasteiger partial charge in [0.2, 0.25) is 0 Å². The predicted molar refractivity (Wildman–Crippen MR) is 93.8 cm³/mol. The molecule has 1 aromatic carbocycles. The highest BCUT2D eigenvalue weighted by Crippen LogP contribution is 2.26. The fourth-order valence-electron chi connectivity index (χ4n) is 2.28. The molecule has 116 valence electrons. The Kier molecular flexibility index (Phi) is 5.34. The molecular formula is C16H16Cl2N2OS. The summed E-state index contributed by atoms with van der Waals surface area (Å²) in [5.74, 6) is 2.01. The zero-order valence-corrected chi connectivity index (χ0v) is 14.3. The number of hydrogen-bond donors (Lipinski definition) is 0. The molecule has 2 heterocycles. The van der Waals surface area contributed by atoms with E-state index >= 15 is 0 Å². The van der Waals surface area contributed by atoms with Crippen molar-refractivity contribution in [2.45, 2.75) is 19.5 Å². The van der Waals surface area contributed by atoms with Crippen LogP contribution in [0.2, 0.25) is 10.0 Å². The van der Waals surface area contributed by atoms with E-state index in [2.05, 4.69) is 9.89 Å². The lowest BCUT2D eigenvalue weighted by Gasteiger charge is -2.27. The van der Waals surface area contributed by atoms with E-state index in [0.29, 0.717) is 23.1 Å². The summed E-state index contributed by atoms with van der Waals surface area (Å²) < 4.78 is 5.48. The van der Waals surface area contributed by atoms with Crippen molar-refractivity contribution in [1.29, 1.82) is 0 Å². The van der Waals surface area contributed by atoms with E-state index in [-0.39, 0.29) is 0 Å². The monoisotopic (exact) mass is 354 g/mol. The minimum absolute atomic E-state index is 0.649. The average molecular weight is 355 g/mol. The van der Waals surface area contributed by atoms with Gasteiger partial charge in [-0.05, 0) is 36.2 Å². The summed E-state index contributed by atoms with van der Waals surface area (Å²) in [7, 11) is 0. The summed E-state index contributed by atoms with van der Waals surface area (Å²) in [6.45, 7) is 2.24. The lowest BCUT2D eigenvalue weighted by atomic mass is 10.2. The van der Waals surface area contributed by atoms with E-state index in [1.165, 1.54) is 0 Å². The number of halogens is 2. The van der Waals surface area contributed by atoms with Gasteiger partial charge in [-0.2, -0.15) is 0 Å². The maximum atomic E-state index is 6.31. The maximum absolute atomic E-state index is 6.31. The molecule has 0 N–H and O–H groups in total. The molecule has 6 heteroatoms. The van der Waals surface area contributed by atoms with Crippen molar-refractivity contribution < 1.29 is 4.42 Å². The Morgan fingerprint density at radius 1 is 1.23 bits per heavy atom. The van der Waals surface area contributed by atoms with E-state index < -0.39 is 0 Å². The third-order valence-electron chi connectivity index (χ3n) is 3.35. The second kappa shape index (κ2) is 7.44. The summed E-state index contributed by atoms with van der Waals surface area (Å²) >= 11 is 14.1. The Morgan fingerprint density at radius 3 is 2.82 bits per heavy atom. The van der Waals surface area contributed by atoms with Gasteiger partial charge in [0, 0.05) is 28.9 Å². The van der Waals surface area contributed by atoms with Crippen LogP contribution in [0.4, 0.5) is 0 Å². The normalized spacial score (nSPS) is 14.7. The summed E-state index contributed by atoms with van der Waals surface area (Å²) in [4.78, 5) is 6.85. The smallest absolute Gasteiger partial charge is 0.159 e. The Hall–Kier alpha value is -1.10. The van der Waals surface area contributed by atoms with E-state index in [0.717, 1.165) is 35.2 Å². The molecule has 0 spiro atoms. The van der Waals surface area contributed by atoms with Gasteiger partial charge in [0.05, 0.1) is 12.8 Å². The summed E-state index contributed by atoms with van der Waals surface area (Å²) in [6, 6.07) is 9.49. The number of nitrogens with zero attached hydrogens (tertiary/aromatic N) is 2. The second-order valence-corrected chi connectivity index (χ2v) is 6.94. The van der Waals surface area contributed by atoms with Crippen LogP contribution in [0.1, 0.15) is 17.7 Å². The van der Waals surface area contributed by atoms with Gasteiger partial charge in [-0.1, -0.05) is 41.0 Å².